The van der Waals surface area contributed by atoms with Crippen molar-refractivity contribution < 1.29 is 4.42 Å². The lowest BCUT2D eigenvalue weighted by molar-refractivity contribution is 0.580. The molecule has 0 saturated carbocycles. The lowest BCUT2D eigenvalue weighted by atomic mass is 10.3. The number of hydrogen-bond acceptors (Lipinski definition) is 2. The molecule has 0 aromatic carbocycles. The zero-order chi connectivity index (χ0) is 12.7. The number of imidazole rings is 1. The molecular formula is C13H10BrClN2O. The number of aromatic nitrogens is 2. The molecule has 92 valence electrons. The number of hydrogen-bond donors (Lipinski definition) is 0. The van der Waals surface area contributed by atoms with Crippen molar-refractivity contribution in [3.8, 4) is 11.5 Å². The molecule has 3 aromatic rings. The minimum atomic E-state index is 0.382. The van der Waals surface area contributed by atoms with Crippen LogP contribution < -0.4 is 0 Å². The Balaban J connectivity index is 2.37. The molecule has 3 aromatic heterocycles. The predicted molar refractivity (Wildman–Crippen MR) is 74.9 cm³/mol. The van der Waals surface area contributed by atoms with E-state index in [0.29, 0.717) is 5.88 Å². The van der Waals surface area contributed by atoms with Crippen molar-refractivity contribution in [2.24, 2.45) is 0 Å². The number of halogens is 2. The van der Waals surface area contributed by atoms with Crippen molar-refractivity contribution in [2.75, 3.05) is 0 Å². The van der Waals surface area contributed by atoms with Crippen molar-refractivity contribution in [1.29, 1.82) is 0 Å². The summed E-state index contributed by atoms with van der Waals surface area (Å²) in [5.74, 6) is 1.12. The summed E-state index contributed by atoms with van der Waals surface area (Å²) in [5.41, 5.74) is 3.73. The van der Waals surface area contributed by atoms with E-state index in [0.717, 1.165) is 32.8 Å². The molecule has 0 N–H and O–H groups in total. The fourth-order valence-corrected chi connectivity index (χ4v) is 2.86. The van der Waals surface area contributed by atoms with Gasteiger partial charge in [-0.3, -0.25) is 0 Å². The third-order valence-corrected chi connectivity index (χ3v) is 3.54. The smallest absolute Gasteiger partial charge is 0.154 e. The van der Waals surface area contributed by atoms with Gasteiger partial charge in [-0.25, -0.2) is 4.98 Å². The summed E-state index contributed by atoms with van der Waals surface area (Å²) in [6, 6.07) is 5.77. The molecule has 5 heteroatoms. The van der Waals surface area contributed by atoms with Crippen molar-refractivity contribution >= 4 is 33.2 Å². The molecule has 0 spiro atoms. The van der Waals surface area contributed by atoms with Crippen LogP contribution >= 0.6 is 27.5 Å². The van der Waals surface area contributed by atoms with Crippen molar-refractivity contribution in [2.45, 2.75) is 12.8 Å². The maximum atomic E-state index is 6.06. The summed E-state index contributed by atoms with van der Waals surface area (Å²) in [4.78, 5) is 4.63. The van der Waals surface area contributed by atoms with Gasteiger partial charge < -0.3 is 8.82 Å². The average Bonchev–Trinajstić information content (AvgIpc) is 2.93. The van der Waals surface area contributed by atoms with Crippen LogP contribution in [0.3, 0.4) is 0 Å². The monoisotopic (exact) mass is 324 g/mol. The largest absolute Gasteiger partial charge is 0.463 e. The number of pyridine rings is 1. The van der Waals surface area contributed by atoms with E-state index in [1.807, 2.05) is 35.7 Å². The van der Waals surface area contributed by atoms with Gasteiger partial charge in [-0.2, -0.15) is 0 Å². The van der Waals surface area contributed by atoms with Crippen LogP contribution in [0.5, 0.6) is 0 Å². The van der Waals surface area contributed by atoms with Crippen LogP contribution in [-0.4, -0.2) is 9.38 Å². The van der Waals surface area contributed by atoms with Gasteiger partial charge >= 0.3 is 0 Å². The Bertz CT molecular complexity index is 703. The highest BCUT2D eigenvalue weighted by Gasteiger charge is 2.16. The molecule has 3 heterocycles. The quantitative estimate of drug-likeness (QED) is 0.654. The van der Waals surface area contributed by atoms with Gasteiger partial charge in [0.15, 0.2) is 5.76 Å². The summed E-state index contributed by atoms with van der Waals surface area (Å²) < 4.78 is 8.42. The Hall–Kier alpha value is -1.26. The van der Waals surface area contributed by atoms with E-state index in [-0.39, 0.29) is 0 Å². The Kier molecular flexibility index (Phi) is 2.92. The number of nitrogens with zero attached hydrogens (tertiary/aromatic N) is 2. The molecular weight excluding hydrogens is 316 g/mol. The molecule has 18 heavy (non-hydrogen) atoms. The first-order valence-corrected chi connectivity index (χ1v) is 6.80. The van der Waals surface area contributed by atoms with Gasteiger partial charge in [0.05, 0.1) is 17.8 Å². The van der Waals surface area contributed by atoms with E-state index in [9.17, 15) is 0 Å². The van der Waals surface area contributed by atoms with Crippen LogP contribution in [0.15, 0.2) is 39.5 Å². The fraction of sp³-hybridized carbons (Fsp3) is 0.154. The molecule has 0 aliphatic rings. The first kappa shape index (κ1) is 11.8. The molecule has 0 unspecified atom stereocenters. The molecule has 0 aliphatic heterocycles. The Morgan fingerprint density at radius 1 is 1.50 bits per heavy atom. The maximum absolute atomic E-state index is 6.06. The first-order chi connectivity index (χ1) is 8.70. The van der Waals surface area contributed by atoms with Crippen molar-refractivity contribution in [3.63, 3.8) is 0 Å². The molecule has 0 atom stereocenters. The SMILES string of the molecule is Cc1cc(Br)cn2c(CCl)c(-c3ccco3)nc12. The second-order valence-corrected chi connectivity index (χ2v) is 5.24. The summed E-state index contributed by atoms with van der Waals surface area (Å²) in [7, 11) is 0. The van der Waals surface area contributed by atoms with Crippen LogP contribution in [0.25, 0.3) is 17.1 Å². The van der Waals surface area contributed by atoms with Crippen molar-refractivity contribution in [1.82, 2.24) is 9.38 Å². The normalized spacial score (nSPS) is 11.3. The minimum Gasteiger partial charge on any atom is -0.463 e. The van der Waals surface area contributed by atoms with Crippen LogP contribution in [0.2, 0.25) is 0 Å². The van der Waals surface area contributed by atoms with E-state index >= 15 is 0 Å². The van der Waals surface area contributed by atoms with E-state index in [2.05, 4.69) is 20.9 Å². The second-order valence-electron chi connectivity index (χ2n) is 4.05. The molecule has 0 amide bonds. The second kappa shape index (κ2) is 4.44. The number of rotatable bonds is 2. The van der Waals surface area contributed by atoms with Crippen LogP contribution in [-0.2, 0) is 5.88 Å². The van der Waals surface area contributed by atoms with E-state index in [1.54, 1.807) is 6.26 Å². The predicted octanol–water partition coefficient (Wildman–Crippen LogP) is 4.40. The number of aryl methyl sites for hydroxylation is 1. The number of alkyl halides is 1. The van der Waals surface area contributed by atoms with Gasteiger partial charge in [-0.15, -0.1) is 11.6 Å². The summed E-state index contributed by atoms with van der Waals surface area (Å²) in [5, 5.41) is 0. The van der Waals surface area contributed by atoms with E-state index in [1.165, 1.54) is 0 Å². The molecule has 0 fully saturated rings. The Labute approximate surface area is 118 Å². The summed E-state index contributed by atoms with van der Waals surface area (Å²) in [6.07, 6.45) is 3.61. The van der Waals surface area contributed by atoms with Crippen LogP contribution in [0.4, 0.5) is 0 Å². The van der Waals surface area contributed by atoms with Crippen LogP contribution in [0, 0.1) is 6.92 Å². The number of fused-ring (bicyclic) bond motifs is 1. The van der Waals surface area contributed by atoms with Crippen molar-refractivity contribution in [3.05, 3.63) is 46.4 Å². The average molecular weight is 326 g/mol. The summed E-state index contributed by atoms with van der Waals surface area (Å²) >= 11 is 9.55. The molecule has 3 nitrogen and oxygen atoms in total. The van der Waals surface area contributed by atoms with E-state index in [4.69, 9.17) is 16.0 Å². The first-order valence-electron chi connectivity index (χ1n) is 5.47. The van der Waals surface area contributed by atoms with E-state index < -0.39 is 0 Å². The topological polar surface area (TPSA) is 30.4 Å². The zero-order valence-corrected chi connectivity index (χ0v) is 12.0. The zero-order valence-electron chi connectivity index (χ0n) is 9.65. The Morgan fingerprint density at radius 2 is 2.33 bits per heavy atom. The van der Waals surface area contributed by atoms with Gasteiger partial charge in [0, 0.05) is 10.7 Å². The third-order valence-electron chi connectivity index (χ3n) is 2.85. The number of furan rings is 1. The highest BCUT2D eigenvalue weighted by Crippen LogP contribution is 2.28. The van der Waals surface area contributed by atoms with Gasteiger partial charge in [-0.1, -0.05) is 0 Å². The Morgan fingerprint density at radius 3 is 3.00 bits per heavy atom. The standard InChI is InChI=1S/C13H10BrClN2O/c1-8-5-9(14)7-17-10(6-15)12(16-13(8)17)11-3-2-4-18-11/h2-5,7H,6H2,1H3. The lowest BCUT2D eigenvalue weighted by Gasteiger charge is -2.02. The molecule has 0 radical (unpaired) electrons. The van der Waals surface area contributed by atoms with Gasteiger partial charge in [0.2, 0.25) is 0 Å². The van der Waals surface area contributed by atoms with Crippen LogP contribution in [0.1, 0.15) is 11.3 Å². The fourth-order valence-electron chi connectivity index (χ4n) is 2.05. The molecule has 0 aliphatic carbocycles. The maximum Gasteiger partial charge on any atom is 0.154 e. The molecule has 0 bridgehead atoms. The van der Waals surface area contributed by atoms with Gasteiger partial charge in [0.25, 0.3) is 0 Å². The lowest BCUT2D eigenvalue weighted by Crippen LogP contribution is -1.92. The van der Waals surface area contributed by atoms with Gasteiger partial charge in [-0.05, 0) is 46.6 Å². The minimum absolute atomic E-state index is 0.382. The molecule has 0 saturated heterocycles. The van der Waals surface area contributed by atoms with Gasteiger partial charge in [0.1, 0.15) is 11.3 Å². The molecule has 3 rings (SSSR count). The highest BCUT2D eigenvalue weighted by atomic mass is 79.9. The highest BCUT2D eigenvalue weighted by molar-refractivity contribution is 9.10. The third kappa shape index (κ3) is 1.76. The summed E-state index contributed by atoms with van der Waals surface area (Å²) in [6.45, 7) is 2.02.